The van der Waals surface area contributed by atoms with Crippen molar-refractivity contribution in [3.8, 4) is 17.2 Å². The van der Waals surface area contributed by atoms with E-state index in [1.807, 2.05) is 53.9 Å². The number of imidazole rings is 1. The van der Waals surface area contributed by atoms with Crippen LogP contribution in [0.5, 0.6) is 11.5 Å². The molecule has 4 rings (SSSR count). The highest BCUT2D eigenvalue weighted by atomic mass is 19.1. The molecular weight excluding hydrogens is 460 g/mol. The number of nitrogens with zero attached hydrogens (tertiary/aromatic N) is 3. The summed E-state index contributed by atoms with van der Waals surface area (Å²) in [7, 11) is 5.05. The minimum atomic E-state index is -0.508. The molecule has 0 bridgehead atoms. The summed E-state index contributed by atoms with van der Waals surface area (Å²) < 4.78 is 41.5. The van der Waals surface area contributed by atoms with Gasteiger partial charge in [0, 0.05) is 24.3 Å². The van der Waals surface area contributed by atoms with Crippen molar-refractivity contribution >= 4 is 5.69 Å². The molecule has 0 radical (unpaired) electrons. The molecule has 0 aliphatic rings. The van der Waals surface area contributed by atoms with Crippen LogP contribution in [0.3, 0.4) is 0 Å². The molecule has 188 valence electrons. The third-order valence-corrected chi connectivity index (χ3v) is 6.61. The van der Waals surface area contributed by atoms with Crippen molar-refractivity contribution in [2.45, 2.75) is 32.7 Å². The van der Waals surface area contributed by atoms with Gasteiger partial charge in [-0.25, -0.2) is 13.8 Å². The van der Waals surface area contributed by atoms with Gasteiger partial charge in [0.2, 0.25) is 0 Å². The molecule has 0 saturated carbocycles. The Morgan fingerprint density at radius 1 is 0.944 bits per heavy atom. The maximum absolute atomic E-state index is 14.7. The van der Waals surface area contributed by atoms with E-state index in [9.17, 15) is 8.78 Å². The van der Waals surface area contributed by atoms with E-state index in [-0.39, 0.29) is 11.6 Å². The van der Waals surface area contributed by atoms with E-state index in [0.29, 0.717) is 29.6 Å². The number of ether oxygens (including phenoxy) is 2. The van der Waals surface area contributed by atoms with Gasteiger partial charge in [0.05, 0.1) is 32.1 Å². The first-order chi connectivity index (χ1) is 17.2. The lowest BCUT2D eigenvalue weighted by Gasteiger charge is -2.29. The maximum atomic E-state index is 14.7. The molecule has 0 unspecified atom stereocenters. The van der Waals surface area contributed by atoms with Gasteiger partial charge in [0.1, 0.15) is 17.5 Å². The monoisotopic (exact) mass is 491 g/mol. The van der Waals surface area contributed by atoms with Gasteiger partial charge in [-0.1, -0.05) is 32.0 Å². The van der Waals surface area contributed by atoms with Crippen molar-refractivity contribution in [3.05, 3.63) is 101 Å². The fourth-order valence-electron chi connectivity index (χ4n) is 4.59. The molecule has 5 nitrogen and oxygen atoms in total. The molecule has 0 N–H and O–H groups in total. The van der Waals surface area contributed by atoms with Gasteiger partial charge in [-0.3, -0.25) is 4.57 Å². The molecule has 0 spiro atoms. The molecule has 0 atom stereocenters. The first-order valence-electron chi connectivity index (χ1n) is 11.7. The number of rotatable bonds is 8. The Bertz CT molecular complexity index is 1340. The Morgan fingerprint density at radius 3 is 2.28 bits per heavy atom. The number of aryl methyl sites for hydroxylation is 1. The van der Waals surface area contributed by atoms with E-state index < -0.39 is 5.41 Å². The van der Waals surface area contributed by atoms with Crippen LogP contribution in [0, 0.1) is 18.6 Å². The van der Waals surface area contributed by atoms with Gasteiger partial charge < -0.3 is 14.4 Å². The summed E-state index contributed by atoms with van der Waals surface area (Å²) in [6.07, 6.45) is 1.83. The van der Waals surface area contributed by atoms with Crippen molar-refractivity contribution in [1.29, 1.82) is 0 Å². The highest BCUT2D eigenvalue weighted by molar-refractivity contribution is 5.54. The van der Waals surface area contributed by atoms with Crippen LogP contribution in [0.4, 0.5) is 14.5 Å². The van der Waals surface area contributed by atoms with Crippen LogP contribution in [-0.2, 0) is 12.0 Å². The van der Waals surface area contributed by atoms with Crippen LogP contribution in [0.15, 0.2) is 66.9 Å². The molecular formula is C29H31F2N3O2. The second kappa shape index (κ2) is 10.0. The summed E-state index contributed by atoms with van der Waals surface area (Å²) in [5.74, 6) is 1.37. The van der Waals surface area contributed by atoms with E-state index in [2.05, 4.69) is 13.8 Å². The molecule has 36 heavy (non-hydrogen) atoms. The smallest absolute Gasteiger partial charge is 0.161 e. The minimum absolute atomic E-state index is 0.289. The Hall–Kier alpha value is -3.87. The molecule has 4 aromatic rings. The molecule has 7 heteroatoms. The number of halogens is 2. The van der Waals surface area contributed by atoms with E-state index in [4.69, 9.17) is 14.5 Å². The molecule has 0 saturated heterocycles. The predicted octanol–water partition coefficient (Wildman–Crippen LogP) is 6.44. The SMILES string of the molecule is COc1ccc(C(C)(C)c2cnc(CN(C)c3c(C)cccc3F)n2-c2ccc(F)cc2)cc1OC. The number of aromatic nitrogens is 2. The van der Waals surface area contributed by atoms with Crippen LogP contribution >= 0.6 is 0 Å². The number of methoxy groups -OCH3 is 2. The zero-order chi connectivity index (χ0) is 26.0. The van der Waals surface area contributed by atoms with Crippen molar-refractivity contribution in [2.75, 3.05) is 26.2 Å². The van der Waals surface area contributed by atoms with Crippen molar-refractivity contribution in [2.24, 2.45) is 0 Å². The van der Waals surface area contributed by atoms with Gasteiger partial charge in [0.15, 0.2) is 11.5 Å². The Kier molecular flexibility index (Phi) is 7.02. The molecule has 1 heterocycles. The zero-order valence-corrected chi connectivity index (χ0v) is 21.5. The normalized spacial score (nSPS) is 11.4. The quantitative estimate of drug-likeness (QED) is 0.284. The first-order valence-corrected chi connectivity index (χ1v) is 11.7. The Balaban J connectivity index is 1.83. The van der Waals surface area contributed by atoms with E-state index in [0.717, 1.165) is 22.5 Å². The van der Waals surface area contributed by atoms with Crippen molar-refractivity contribution < 1.29 is 18.3 Å². The van der Waals surface area contributed by atoms with Crippen LogP contribution in [-0.4, -0.2) is 30.8 Å². The number of hydrogen-bond acceptors (Lipinski definition) is 4. The molecule has 0 amide bonds. The first kappa shape index (κ1) is 25.2. The van der Waals surface area contributed by atoms with Crippen LogP contribution in [0.2, 0.25) is 0 Å². The fourth-order valence-corrected chi connectivity index (χ4v) is 4.59. The summed E-state index contributed by atoms with van der Waals surface area (Å²) >= 11 is 0. The number of para-hydroxylation sites is 1. The van der Waals surface area contributed by atoms with Gasteiger partial charge in [-0.05, 0) is 60.5 Å². The lowest BCUT2D eigenvalue weighted by molar-refractivity contribution is 0.353. The molecule has 0 fully saturated rings. The molecule has 1 aromatic heterocycles. The molecule has 0 aliphatic heterocycles. The van der Waals surface area contributed by atoms with Gasteiger partial charge in [0.25, 0.3) is 0 Å². The molecule has 0 aliphatic carbocycles. The summed E-state index contributed by atoms with van der Waals surface area (Å²) in [5, 5.41) is 0. The average molecular weight is 492 g/mol. The van der Waals surface area contributed by atoms with Gasteiger partial charge >= 0.3 is 0 Å². The van der Waals surface area contributed by atoms with Crippen molar-refractivity contribution in [1.82, 2.24) is 9.55 Å². The third kappa shape index (κ3) is 4.65. The highest BCUT2D eigenvalue weighted by Crippen LogP contribution is 2.38. The average Bonchev–Trinajstić information content (AvgIpc) is 3.28. The highest BCUT2D eigenvalue weighted by Gasteiger charge is 2.30. The zero-order valence-electron chi connectivity index (χ0n) is 21.5. The van der Waals surface area contributed by atoms with Crippen LogP contribution in [0.25, 0.3) is 5.69 Å². The fraction of sp³-hybridized carbons (Fsp3) is 0.276. The summed E-state index contributed by atoms with van der Waals surface area (Å²) in [6.45, 7) is 6.42. The predicted molar refractivity (Wildman–Crippen MR) is 138 cm³/mol. The van der Waals surface area contributed by atoms with Gasteiger partial charge in [-0.2, -0.15) is 0 Å². The minimum Gasteiger partial charge on any atom is -0.493 e. The van der Waals surface area contributed by atoms with E-state index in [1.165, 1.54) is 18.2 Å². The van der Waals surface area contributed by atoms with Crippen molar-refractivity contribution in [3.63, 3.8) is 0 Å². The third-order valence-electron chi connectivity index (χ3n) is 6.61. The van der Waals surface area contributed by atoms with E-state index in [1.54, 1.807) is 32.4 Å². The van der Waals surface area contributed by atoms with Crippen LogP contribution in [0.1, 0.15) is 36.5 Å². The number of benzene rings is 3. The number of anilines is 1. The second-order valence-corrected chi connectivity index (χ2v) is 9.33. The largest absolute Gasteiger partial charge is 0.493 e. The summed E-state index contributed by atoms with van der Waals surface area (Å²) in [4.78, 5) is 6.60. The standard InChI is InChI=1S/C29H31F2N3O2/c1-19-8-7-9-23(31)28(19)33(4)18-27-32-17-26(34(27)22-13-11-21(30)12-14-22)29(2,3)20-10-15-24(35-5)25(16-20)36-6/h7-17H,18H2,1-6H3. The Morgan fingerprint density at radius 2 is 1.64 bits per heavy atom. The summed E-state index contributed by atoms with van der Waals surface area (Å²) in [5.41, 5.74) is 3.51. The topological polar surface area (TPSA) is 39.5 Å². The maximum Gasteiger partial charge on any atom is 0.161 e. The van der Waals surface area contributed by atoms with E-state index >= 15 is 0 Å². The second-order valence-electron chi connectivity index (χ2n) is 9.33. The lowest BCUT2D eigenvalue weighted by atomic mass is 9.81. The Labute approximate surface area is 210 Å². The number of hydrogen-bond donors (Lipinski definition) is 0. The van der Waals surface area contributed by atoms with Crippen LogP contribution < -0.4 is 14.4 Å². The lowest BCUT2D eigenvalue weighted by Crippen LogP contribution is -2.26. The molecule has 3 aromatic carbocycles. The summed E-state index contributed by atoms with van der Waals surface area (Å²) in [6, 6.07) is 17.2. The van der Waals surface area contributed by atoms with Gasteiger partial charge in [-0.15, -0.1) is 0 Å².